The number of rotatable bonds is 5. The molecule has 0 saturated carbocycles. The summed E-state index contributed by atoms with van der Waals surface area (Å²) in [7, 11) is -4.12. The van der Waals surface area contributed by atoms with Crippen molar-refractivity contribution < 1.29 is 17.2 Å². The summed E-state index contributed by atoms with van der Waals surface area (Å²) < 4.78 is 53.8. The fraction of sp³-hybridized carbons (Fsp3) is 0.200. The summed E-state index contributed by atoms with van der Waals surface area (Å²) >= 11 is 0. The maximum Gasteiger partial charge on any atom is 0.243 e. The highest BCUT2D eigenvalue weighted by atomic mass is 32.2. The summed E-state index contributed by atoms with van der Waals surface area (Å²) in [6.07, 6.45) is 2.99. The number of sulfonamides is 1. The molecule has 3 N–H and O–H groups in total. The first kappa shape index (κ1) is 14.3. The Morgan fingerprint density at radius 3 is 2.70 bits per heavy atom. The average molecular weight is 303 g/mol. The van der Waals surface area contributed by atoms with Crippen molar-refractivity contribution in [3.8, 4) is 0 Å². The second-order valence-electron chi connectivity index (χ2n) is 3.87. The number of aromatic nitrogens is 3. The van der Waals surface area contributed by atoms with Crippen LogP contribution in [0.4, 0.5) is 14.5 Å². The van der Waals surface area contributed by atoms with E-state index in [1.54, 1.807) is 6.20 Å². The van der Waals surface area contributed by atoms with E-state index in [0.29, 0.717) is 6.07 Å². The van der Waals surface area contributed by atoms with Crippen LogP contribution in [0.15, 0.2) is 29.4 Å². The molecule has 0 atom stereocenters. The molecule has 0 spiro atoms. The molecule has 2 rings (SSSR count). The van der Waals surface area contributed by atoms with Crippen LogP contribution in [0.25, 0.3) is 0 Å². The normalized spacial score (nSPS) is 11.7. The molecule has 0 unspecified atom stereocenters. The van der Waals surface area contributed by atoms with Crippen molar-refractivity contribution in [1.82, 2.24) is 19.7 Å². The number of nitrogens with one attached hydrogen (secondary N) is 1. The Morgan fingerprint density at radius 2 is 2.05 bits per heavy atom. The van der Waals surface area contributed by atoms with Crippen molar-refractivity contribution in [1.29, 1.82) is 0 Å². The zero-order valence-electron chi connectivity index (χ0n) is 10.1. The monoisotopic (exact) mass is 303 g/mol. The van der Waals surface area contributed by atoms with Gasteiger partial charge in [-0.2, -0.15) is 0 Å². The van der Waals surface area contributed by atoms with Gasteiger partial charge < -0.3 is 5.73 Å². The molecule has 0 aliphatic heterocycles. The molecule has 0 aliphatic rings. The summed E-state index contributed by atoms with van der Waals surface area (Å²) in [5, 5.41) is 7.19. The van der Waals surface area contributed by atoms with E-state index in [4.69, 9.17) is 5.73 Å². The van der Waals surface area contributed by atoms with Crippen molar-refractivity contribution >= 4 is 15.7 Å². The fourth-order valence-electron chi connectivity index (χ4n) is 1.48. The van der Waals surface area contributed by atoms with Gasteiger partial charge in [0.05, 0.1) is 18.4 Å². The van der Waals surface area contributed by atoms with E-state index in [0.717, 1.165) is 6.07 Å². The summed E-state index contributed by atoms with van der Waals surface area (Å²) in [4.78, 5) is -0.699. The van der Waals surface area contributed by atoms with Crippen LogP contribution in [0.3, 0.4) is 0 Å². The van der Waals surface area contributed by atoms with Crippen LogP contribution < -0.4 is 10.5 Å². The van der Waals surface area contributed by atoms with Gasteiger partial charge in [-0.15, -0.1) is 5.10 Å². The Hall–Kier alpha value is -2.07. The van der Waals surface area contributed by atoms with Crippen LogP contribution in [0.2, 0.25) is 0 Å². The third-order valence-electron chi connectivity index (χ3n) is 2.45. The molecule has 0 aliphatic carbocycles. The first-order valence-electron chi connectivity index (χ1n) is 5.48. The van der Waals surface area contributed by atoms with Gasteiger partial charge >= 0.3 is 0 Å². The number of nitrogen functional groups attached to an aromatic ring is 1. The first-order chi connectivity index (χ1) is 9.40. The number of nitrogens with two attached hydrogens (primary N) is 1. The van der Waals surface area contributed by atoms with Crippen LogP contribution in [0.5, 0.6) is 0 Å². The van der Waals surface area contributed by atoms with Crippen molar-refractivity contribution in [3.05, 3.63) is 36.2 Å². The lowest BCUT2D eigenvalue weighted by Gasteiger charge is -2.08. The van der Waals surface area contributed by atoms with Crippen molar-refractivity contribution in [2.75, 3.05) is 12.3 Å². The molecule has 0 amide bonds. The lowest BCUT2D eigenvalue weighted by Crippen LogP contribution is -2.28. The Labute approximate surface area is 113 Å². The summed E-state index contributed by atoms with van der Waals surface area (Å²) in [6.45, 7) is 0.194. The largest absolute Gasteiger partial charge is 0.396 e. The number of benzene rings is 1. The van der Waals surface area contributed by atoms with E-state index in [1.165, 1.54) is 10.9 Å². The maximum atomic E-state index is 13.5. The number of anilines is 1. The van der Waals surface area contributed by atoms with Crippen LogP contribution in [-0.4, -0.2) is 30.0 Å². The van der Waals surface area contributed by atoms with E-state index >= 15 is 0 Å². The van der Waals surface area contributed by atoms with Gasteiger partial charge in [0, 0.05) is 18.8 Å². The molecule has 0 saturated heterocycles. The van der Waals surface area contributed by atoms with Gasteiger partial charge in [-0.05, 0) is 6.07 Å². The third-order valence-corrected chi connectivity index (χ3v) is 3.92. The van der Waals surface area contributed by atoms with Crippen LogP contribution in [-0.2, 0) is 16.6 Å². The van der Waals surface area contributed by atoms with Gasteiger partial charge in [0.15, 0.2) is 0 Å². The number of hydrogen-bond acceptors (Lipinski definition) is 5. The number of nitrogens with zero attached hydrogens (tertiary/aromatic N) is 3. The van der Waals surface area contributed by atoms with Crippen LogP contribution in [0, 0.1) is 11.6 Å². The Kier molecular flexibility index (Phi) is 3.95. The molecule has 0 radical (unpaired) electrons. The Bertz CT molecular complexity index is 703. The molecule has 2 aromatic rings. The molecule has 1 heterocycles. The molecule has 10 heteroatoms. The van der Waals surface area contributed by atoms with E-state index in [1.807, 2.05) is 0 Å². The van der Waals surface area contributed by atoms with Gasteiger partial charge in [-0.25, -0.2) is 21.9 Å². The quantitative estimate of drug-likeness (QED) is 0.764. The minimum atomic E-state index is -4.12. The smallest absolute Gasteiger partial charge is 0.243 e. The van der Waals surface area contributed by atoms with E-state index < -0.39 is 32.2 Å². The highest BCUT2D eigenvalue weighted by Gasteiger charge is 2.20. The van der Waals surface area contributed by atoms with Gasteiger partial charge in [-0.1, -0.05) is 5.21 Å². The third kappa shape index (κ3) is 3.08. The molecule has 108 valence electrons. The predicted octanol–water partition coefficient (Wildman–Crippen LogP) is 0.117. The number of hydrogen-bond donors (Lipinski definition) is 2. The van der Waals surface area contributed by atoms with E-state index in [2.05, 4.69) is 15.0 Å². The molecule has 7 nitrogen and oxygen atoms in total. The highest BCUT2D eigenvalue weighted by molar-refractivity contribution is 7.89. The minimum absolute atomic E-state index is 0.0254. The molecule has 0 bridgehead atoms. The highest BCUT2D eigenvalue weighted by Crippen LogP contribution is 2.20. The molecule has 1 aromatic carbocycles. The molecule has 1 aromatic heterocycles. The Balaban J connectivity index is 2.12. The van der Waals surface area contributed by atoms with Crippen molar-refractivity contribution in [2.24, 2.45) is 0 Å². The van der Waals surface area contributed by atoms with Gasteiger partial charge in [0.1, 0.15) is 16.5 Å². The zero-order chi connectivity index (χ0) is 14.8. The molecular formula is C10H11F2N5O2S. The lowest BCUT2D eigenvalue weighted by atomic mass is 10.3. The topological polar surface area (TPSA) is 103 Å². The van der Waals surface area contributed by atoms with Gasteiger partial charge in [0.2, 0.25) is 10.0 Å². The fourth-order valence-corrected chi connectivity index (χ4v) is 2.59. The first-order valence-corrected chi connectivity index (χ1v) is 6.97. The van der Waals surface area contributed by atoms with Crippen molar-refractivity contribution in [2.45, 2.75) is 11.4 Å². The molecule has 0 fully saturated rings. The number of halogens is 2. The summed E-state index contributed by atoms with van der Waals surface area (Å²) in [5.41, 5.74) is 4.79. The molecule has 20 heavy (non-hydrogen) atoms. The lowest BCUT2D eigenvalue weighted by molar-refractivity contribution is 0.534. The zero-order valence-corrected chi connectivity index (χ0v) is 10.9. The average Bonchev–Trinajstić information content (AvgIpc) is 2.86. The predicted molar refractivity (Wildman–Crippen MR) is 66.0 cm³/mol. The summed E-state index contributed by atoms with van der Waals surface area (Å²) in [6, 6.07) is 1.17. The van der Waals surface area contributed by atoms with Crippen molar-refractivity contribution in [3.63, 3.8) is 0 Å². The minimum Gasteiger partial charge on any atom is -0.396 e. The Morgan fingerprint density at radius 1 is 1.30 bits per heavy atom. The van der Waals surface area contributed by atoms with Gasteiger partial charge in [-0.3, -0.25) is 4.68 Å². The second kappa shape index (κ2) is 5.51. The van der Waals surface area contributed by atoms with Crippen LogP contribution in [0.1, 0.15) is 0 Å². The second-order valence-corrected chi connectivity index (χ2v) is 5.60. The standard InChI is InChI=1S/C10H11F2N5O2S/c11-7-5-8(12)10(6-9(7)13)20(18,19)15-2-4-17-3-1-14-16-17/h1,3,5-6,15H,2,4,13H2. The maximum absolute atomic E-state index is 13.5. The summed E-state index contributed by atoms with van der Waals surface area (Å²) in [5.74, 6) is -2.21. The van der Waals surface area contributed by atoms with Gasteiger partial charge in [0.25, 0.3) is 0 Å². The van der Waals surface area contributed by atoms with E-state index in [-0.39, 0.29) is 13.1 Å². The van der Waals surface area contributed by atoms with Crippen LogP contribution >= 0.6 is 0 Å². The SMILES string of the molecule is Nc1cc(S(=O)(=O)NCCn2ccnn2)c(F)cc1F. The molecular weight excluding hydrogens is 292 g/mol. The van der Waals surface area contributed by atoms with E-state index in [9.17, 15) is 17.2 Å².